The smallest absolute Gasteiger partial charge is 0.425 e. The van der Waals surface area contributed by atoms with Crippen molar-refractivity contribution in [1.29, 1.82) is 0 Å². The number of nitrogens with one attached hydrogen (secondary N) is 1. The van der Waals surface area contributed by atoms with Crippen molar-refractivity contribution in [3.63, 3.8) is 0 Å². The van der Waals surface area contributed by atoms with Gasteiger partial charge in [0.05, 0.1) is 0 Å². The van der Waals surface area contributed by atoms with E-state index in [0.717, 1.165) is 17.3 Å². The van der Waals surface area contributed by atoms with E-state index in [1.165, 1.54) is 18.2 Å². The first-order valence-corrected chi connectivity index (χ1v) is 6.71. The van der Waals surface area contributed by atoms with Gasteiger partial charge in [-0.2, -0.15) is 22.0 Å². The molecule has 2 aromatic carbocycles. The highest BCUT2D eigenvalue weighted by Gasteiger charge is 2.61. The zero-order chi connectivity index (χ0) is 17.1. The zero-order valence-electron chi connectivity index (χ0n) is 12.1. The fourth-order valence-electron chi connectivity index (χ4n) is 1.91. The van der Waals surface area contributed by atoms with Gasteiger partial charge in [0.2, 0.25) is 0 Å². The Morgan fingerprint density at radius 1 is 0.913 bits per heavy atom. The molecule has 0 amide bonds. The fourth-order valence-corrected chi connectivity index (χ4v) is 1.91. The lowest BCUT2D eigenvalue weighted by atomic mass is 10.1. The topological polar surface area (TPSA) is 21.3 Å². The van der Waals surface area contributed by atoms with Crippen molar-refractivity contribution in [2.24, 2.45) is 0 Å². The molecule has 0 spiro atoms. The van der Waals surface area contributed by atoms with E-state index in [9.17, 15) is 22.0 Å². The molecule has 0 aliphatic rings. The maximum atomic E-state index is 13.1. The Labute approximate surface area is 129 Å². The first-order chi connectivity index (χ1) is 10.7. The van der Waals surface area contributed by atoms with Crippen molar-refractivity contribution in [2.75, 3.05) is 5.32 Å². The van der Waals surface area contributed by atoms with E-state index < -0.39 is 18.0 Å². The highest BCUT2D eigenvalue weighted by Crippen LogP contribution is 2.38. The average Bonchev–Trinajstić information content (AvgIpc) is 2.46. The number of hydrogen-bond acceptors (Lipinski definition) is 2. The number of ether oxygens (including phenoxy) is 1. The normalized spacial score (nSPS) is 12.1. The summed E-state index contributed by atoms with van der Waals surface area (Å²) in [7, 11) is 0. The maximum absolute atomic E-state index is 13.1. The molecule has 0 aliphatic carbocycles. The van der Waals surface area contributed by atoms with Gasteiger partial charge < -0.3 is 10.1 Å². The lowest BCUT2D eigenvalue weighted by molar-refractivity contribution is -0.360. The molecule has 2 aromatic rings. The Hall–Kier alpha value is -2.31. The molecule has 0 aromatic heterocycles. The molecule has 0 bridgehead atoms. The van der Waals surface area contributed by atoms with Crippen LogP contribution in [0.2, 0.25) is 0 Å². The second kappa shape index (κ2) is 6.44. The van der Waals surface area contributed by atoms with E-state index in [1.807, 2.05) is 19.1 Å². The summed E-state index contributed by atoms with van der Waals surface area (Å²) in [5.74, 6) is -0.518. The molecule has 0 heterocycles. The number of rotatable bonds is 5. The Bertz CT molecular complexity index is 670. The SMILES string of the molecule is Cc1ccccc1NCc1ccccc1OC(F)(F)C(F)(F)F. The van der Waals surface area contributed by atoms with Crippen LogP contribution in [0.1, 0.15) is 11.1 Å². The Kier molecular flexibility index (Phi) is 4.77. The van der Waals surface area contributed by atoms with Gasteiger partial charge >= 0.3 is 12.3 Å². The Morgan fingerprint density at radius 2 is 1.52 bits per heavy atom. The zero-order valence-corrected chi connectivity index (χ0v) is 12.1. The number of hydrogen-bond donors (Lipinski definition) is 1. The first-order valence-electron chi connectivity index (χ1n) is 6.71. The maximum Gasteiger partial charge on any atom is 0.499 e. The lowest BCUT2D eigenvalue weighted by Crippen LogP contribution is -2.42. The molecule has 0 fully saturated rings. The molecule has 0 saturated carbocycles. The molecule has 1 N–H and O–H groups in total. The van der Waals surface area contributed by atoms with Crippen molar-refractivity contribution in [3.8, 4) is 5.75 Å². The Balaban J connectivity index is 2.17. The third kappa shape index (κ3) is 4.12. The molecule has 0 radical (unpaired) electrons. The van der Waals surface area contributed by atoms with Crippen LogP contribution in [0.15, 0.2) is 48.5 Å². The molecule has 2 rings (SSSR count). The van der Waals surface area contributed by atoms with Gasteiger partial charge in [0.25, 0.3) is 0 Å². The molecule has 0 unspecified atom stereocenters. The second-order valence-electron chi connectivity index (χ2n) is 4.89. The third-order valence-electron chi connectivity index (χ3n) is 3.16. The summed E-state index contributed by atoms with van der Waals surface area (Å²) < 4.78 is 66.8. The van der Waals surface area contributed by atoms with Crippen LogP contribution in [0.4, 0.5) is 27.6 Å². The third-order valence-corrected chi connectivity index (χ3v) is 3.16. The second-order valence-corrected chi connectivity index (χ2v) is 4.89. The van der Waals surface area contributed by atoms with Crippen LogP contribution in [0.5, 0.6) is 5.75 Å². The standard InChI is InChI=1S/C16H14F5NO/c1-11-6-2-4-8-13(11)22-10-12-7-3-5-9-14(12)23-16(20,21)15(17,18)19/h2-9,22H,10H2,1H3. The predicted octanol–water partition coefficient (Wildman–Crippen LogP) is 5.14. The summed E-state index contributed by atoms with van der Waals surface area (Å²) >= 11 is 0. The van der Waals surface area contributed by atoms with Gasteiger partial charge in [-0.25, -0.2) is 0 Å². The van der Waals surface area contributed by atoms with Crippen LogP contribution >= 0.6 is 0 Å². The number of benzene rings is 2. The molecule has 124 valence electrons. The van der Waals surface area contributed by atoms with Crippen molar-refractivity contribution < 1.29 is 26.7 Å². The van der Waals surface area contributed by atoms with Gasteiger partial charge in [-0.1, -0.05) is 36.4 Å². The van der Waals surface area contributed by atoms with Gasteiger partial charge in [-0.15, -0.1) is 0 Å². The molecular weight excluding hydrogens is 317 g/mol. The predicted molar refractivity (Wildman–Crippen MR) is 76.6 cm³/mol. The van der Waals surface area contributed by atoms with Gasteiger partial charge in [0, 0.05) is 17.8 Å². The van der Waals surface area contributed by atoms with Crippen molar-refractivity contribution in [3.05, 3.63) is 59.7 Å². The van der Waals surface area contributed by atoms with E-state index in [0.29, 0.717) is 0 Å². The molecule has 7 heteroatoms. The lowest BCUT2D eigenvalue weighted by Gasteiger charge is -2.22. The van der Waals surface area contributed by atoms with Crippen LogP contribution in [-0.4, -0.2) is 12.3 Å². The van der Waals surface area contributed by atoms with Gasteiger partial charge in [0.1, 0.15) is 5.75 Å². The van der Waals surface area contributed by atoms with E-state index in [-0.39, 0.29) is 12.1 Å². The van der Waals surface area contributed by atoms with Gasteiger partial charge in [-0.05, 0) is 24.6 Å². The monoisotopic (exact) mass is 331 g/mol. The highest BCUT2D eigenvalue weighted by molar-refractivity contribution is 5.51. The summed E-state index contributed by atoms with van der Waals surface area (Å²) in [6, 6.07) is 12.6. The number of alkyl halides is 5. The van der Waals surface area contributed by atoms with Crippen molar-refractivity contribution in [1.82, 2.24) is 0 Å². The van der Waals surface area contributed by atoms with Gasteiger partial charge in [-0.3, -0.25) is 0 Å². The molecular formula is C16H14F5NO. The number of para-hydroxylation sites is 2. The van der Waals surface area contributed by atoms with Crippen LogP contribution < -0.4 is 10.1 Å². The summed E-state index contributed by atoms with van der Waals surface area (Å²) in [4.78, 5) is 0. The van der Waals surface area contributed by atoms with Crippen LogP contribution in [-0.2, 0) is 6.54 Å². The summed E-state index contributed by atoms with van der Waals surface area (Å²) in [6.07, 6.45) is -11.0. The Morgan fingerprint density at radius 3 is 2.17 bits per heavy atom. The number of anilines is 1. The van der Waals surface area contributed by atoms with E-state index in [4.69, 9.17) is 0 Å². The minimum absolute atomic E-state index is 0.0506. The fraction of sp³-hybridized carbons (Fsp3) is 0.250. The summed E-state index contributed by atoms with van der Waals surface area (Å²) in [5.41, 5.74) is 1.87. The van der Waals surface area contributed by atoms with Crippen molar-refractivity contribution in [2.45, 2.75) is 25.8 Å². The minimum Gasteiger partial charge on any atom is -0.425 e. The van der Waals surface area contributed by atoms with Crippen LogP contribution in [0, 0.1) is 6.92 Å². The van der Waals surface area contributed by atoms with Crippen LogP contribution in [0.3, 0.4) is 0 Å². The van der Waals surface area contributed by atoms with E-state index in [1.54, 1.807) is 12.1 Å². The van der Waals surface area contributed by atoms with E-state index in [2.05, 4.69) is 10.1 Å². The molecule has 23 heavy (non-hydrogen) atoms. The van der Waals surface area contributed by atoms with Crippen LogP contribution in [0.25, 0.3) is 0 Å². The molecule has 2 nitrogen and oxygen atoms in total. The largest absolute Gasteiger partial charge is 0.499 e. The summed E-state index contributed by atoms with van der Waals surface area (Å²) in [5, 5.41) is 2.99. The first kappa shape index (κ1) is 17.1. The highest BCUT2D eigenvalue weighted by atomic mass is 19.4. The molecule has 0 saturated heterocycles. The quantitative estimate of drug-likeness (QED) is 0.766. The van der Waals surface area contributed by atoms with Gasteiger partial charge in [0.15, 0.2) is 0 Å². The number of aryl methyl sites for hydroxylation is 1. The molecule has 0 atom stereocenters. The van der Waals surface area contributed by atoms with Crippen molar-refractivity contribution >= 4 is 5.69 Å². The average molecular weight is 331 g/mol. The summed E-state index contributed by atoms with van der Waals surface area (Å²) in [6.45, 7) is 1.90. The molecule has 0 aliphatic heterocycles. The minimum atomic E-state index is -5.77. The van der Waals surface area contributed by atoms with E-state index >= 15 is 0 Å². The number of halogens is 5.